The molecule has 1 aromatic heterocycles. The van der Waals surface area contributed by atoms with Crippen LogP contribution < -0.4 is 5.46 Å². The highest BCUT2D eigenvalue weighted by Gasteiger charge is 2.09. The Morgan fingerprint density at radius 1 is 1.31 bits per heavy atom. The van der Waals surface area contributed by atoms with Crippen LogP contribution in [0.1, 0.15) is 0 Å². The summed E-state index contributed by atoms with van der Waals surface area (Å²) in [5.74, 6) is 0. The van der Waals surface area contributed by atoms with E-state index in [0.29, 0.717) is 0 Å². The van der Waals surface area contributed by atoms with E-state index in [2.05, 4.69) is 4.98 Å². The van der Waals surface area contributed by atoms with Crippen molar-refractivity contribution in [3.8, 4) is 0 Å². The van der Waals surface area contributed by atoms with Gasteiger partial charge in [-0.1, -0.05) is 25.0 Å². The van der Waals surface area contributed by atoms with Crippen molar-refractivity contribution in [1.29, 1.82) is 0 Å². The number of hydrogen-bond acceptors (Lipinski definition) is 2. The van der Waals surface area contributed by atoms with Crippen LogP contribution in [-0.2, 0) is 0 Å². The van der Waals surface area contributed by atoms with E-state index in [1.807, 2.05) is 24.3 Å². The summed E-state index contributed by atoms with van der Waals surface area (Å²) in [6, 6.07) is 7.80. The number of pyridine rings is 1. The molecule has 0 saturated heterocycles. The van der Waals surface area contributed by atoms with Crippen molar-refractivity contribution in [2.75, 3.05) is 0 Å². The van der Waals surface area contributed by atoms with Crippen LogP contribution in [-0.4, -0.2) is 16.9 Å². The van der Waals surface area contributed by atoms with Gasteiger partial charge >= 0.3 is 6.92 Å². The summed E-state index contributed by atoms with van der Waals surface area (Å²) in [5, 5.41) is 11.6. The van der Waals surface area contributed by atoms with Gasteiger partial charge in [-0.3, -0.25) is 4.98 Å². The molecular formula is C10H10BNO. The zero-order chi connectivity index (χ0) is 9.26. The fourth-order valence-corrected chi connectivity index (χ4v) is 1.51. The first-order chi connectivity index (χ1) is 6.29. The molecule has 0 spiro atoms. The minimum absolute atomic E-state index is 0.425. The molecule has 0 aliphatic rings. The molecule has 13 heavy (non-hydrogen) atoms. The third kappa shape index (κ3) is 1.43. The van der Waals surface area contributed by atoms with Gasteiger partial charge in [-0.05, 0) is 22.3 Å². The van der Waals surface area contributed by atoms with E-state index >= 15 is 0 Å². The number of fused-ring (bicyclic) bond motifs is 1. The highest BCUT2D eigenvalue weighted by atomic mass is 16.2. The van der Waals surface area contributed by atoms with Crippen molar-refractivity contribution in [3.05, 3.63) is 36.7 Å². The molecule has 0 fully saturated rings. The van der Waals surface area contributed by atoms with Gasteiger partial charge in [-0.25, -0.2) is 0 Å². The van der Waals surface area contributed by atoms with Crippen LogP contribution >= 0.6 is 0 Å². The molecule has 0 aliphatic carbocycles. The molecule has 0 unspecified atom stereocenters. The first kappa shape index (κ1) is 8.26. The predicted octanol–water partition coefficient (Wildman–Crippen LogP) is 1.06. The van der Waals surface area contributed by atoms with Crippen LogP contribution in [0.5, 0.6) is 0 Å². The smallest absolute Gasteiger partial charge is 0.321 e. The monoisotopic (exact) mass is 171 g/mol. The minimum atomic E-state index is -0.425. The van der Waals surface area contributed by atoms with E-state index in [9.17, 15) is 5.02 Å². The number of hydrogen-bond donors (Lipinski definition) is 1. The Morgan fingerprint density at radius 2 is 2.15 bits per heavy atom. The Labute approximate surface area is 77.3 Å². The van der Waals surface area contributed by atoms with Crippen LogP contribution in [0, 0.1) is 0 Å². The number of benzene rings is 1. The van der Waals surface area contributed by atoms with E-state index in [-0.39, 0.29) is 0 Å². The van der Waals surface area contributed by atoms with Crippen molar-refractivity contribution < 1.29 is 5.02 Å². The van der Waals surface area contributed by atoms with Crippen LogP contribution in [0.2, 0.25) is 6.82 Å². The molecule has 0 aliphatic heterocycles. The topological polar surface area (TPSA) is 33.1 Å². The van der Waals surface area contributed by atoms with Gasteiger partial charge in [0.15, 0.2) is 0 Å². The molecule has 2 nitrogen and oxygen atoms in total. The predicted molar refractivity (Wildman–Crippen MR) is 55.2 cm³/mol. The summed E-state index contributed by atoms with van der Waals surface area (Å²) >= 11 is 0. The molecule has 0 radical (unpaired) electrons. The van der Waals surface area contributed by atoms with Gasteiger partial charge in [0, 0.05) is 12.4 Å². The van der Waals surface area contributed by atoms with Gasteiger partial charge in [-0.2, -0.15) is 0 Å². The molecule has 2 rings (SSSR count). The number of aromatic nitrogens is 1. The first-order valence-corrected chi connectivity index (χ1v) is 4.30. The Kier molecular flexibility index (Phi) is 2.03. The Bertz CT molecular complexity index is 423. The van der Waals surface area contributed by atoms with Crippen LogP contribution in [0.15, 0.2) is 36.7 Å². The molecule has 1 aromatic carbocycles. The average Bonchev–Trinajstić information content (AvgIpc) is 2.17. The standard InChI is InChI=1S/C10H10BNO/c1-11(13)10-4-2-3-8-7-12-6-5-9(8)10/h2-7,13H,1H3. The SMILES string of the molecule is CB(O)c1cccc2cnccc12. The summed E-state index contributed by atoms with van der Waals surface area (Å²) in [7, 11) is 0. The number of nitrogens with zero attached hydrogens (tertiary/aromatic N) is 1. The minimum Gasteiger partial charge on any atom is -0.446 e. The summed E-state index contributed by atoms with van der Waals surface area (Å²) < 4.78 is 0. The lowest BCUT2D eigenvalue weighted by Gasteiger charge is -2.05. The quantitative estimate of drug-likeness (QED) is 0.650. The lowest BCUT2D eigenvalue weighted by molar-refractivity contribution is 0.594. The summed E-state index contributed by atoms with van der Waals surface area (Å²) in [4.78, 5) is 4.03. The van der Waals surface area contributed by atoms with Gasteiger partial charge in [-0.15, -0.1) is 0 Å². The van der Waals surface area contributed by atoms with Crippen LogP contribution in [0.3, 0.4) is 0 Å². The Morgan fingerprint density at radius 3 is 2.92 bits per heavy atom. The van der Waals surface area contributed by atoms with E-state index < -0.39 is 6.92 Å². The van der Waals surface area contributed by atoms with Gasteiger partial charge < -0.3 is 5.02 Å². The zero-order valence-corrected chi connectivity index (χ0v) is 7.44. The second kappa shape index (κ2) is 3.19. The largest absolute Gasteiger partial charge is 0.446 e. The number of rotatable bonds is 1. The van der Waals surface area contributed by atoms with Crippen molar-refractivity contribution in [2.24, 2.45) is 0 Å². The summed E-state index contributed by atoms with van der Waals surface area (Å²) in [5.41, 5.74) is 0.958. The molecule has 64 valence electrons. The molecule has 0 saturated carbocycles. The van der Waals surface area contributed by atoms with Crippen molar-refractivity contribution in [3.63, 3.8) is 0 Å². The molecule has 0 amide bonds. The van der Waals surface area contributed by atoms with E-state index in [1.54, 1.807) is 19.2 Å². The lowest BCUT2D eigenvalue weighted by Crippen LogP contribution is -2.26. The normalized spacial score (nSPS) is 10.3. The molecule has 2 aromatic rings. The zero-order valence-electron chi connectivity index (χ0n) is 7.44. The van der Waals surface area contributed by atoms with E-state index in [0.717, 1.165) is 16.2 Å². The third-order valence-electron chi connectivity index (χ3n) is 2.16. The Balaban J connectivity index is 2.76. The first-order valence-electron chi connectivity index (χ1n) is 4.30. The fraction of sp³-hybridized carbons (Fsp3) is 0.100. The molecular weight excluding hydrogens is 161 g/mol. The van der Waals surface area contributed by atoms with Crippen molar-refractivity contribution in [1.82, 2.24) is 4.98 Å². The summed E-state index contributed by atoms with van der Waals surface area (Å²) in [6.07, 6.45) is 3.55. The van der Waals surface area contributed by atoms with E-state index in [1.165, 1.54) is 0 Å². The highest BCUT2D eigenvalue weighted by molar-refractivity contribution is 6.67. The Hall–Kier alpha value is -1.35. The van der Waals surface area contributed by atoms with Gasteiger partial charge in [0.05, 0.1) is 0 Å². The molecule has 0 bridgehead atoms. The average molecular weight is 171 g/mol. The maximum atomic E-state index is 9.50. The van der Waals surface area contributed by atoms with Gasteiger partial charge in [0.2, 0.25) is 0 Å². The summed E-state index contributed by atoms with van der Waals surface area (Å²) in [6.45, 7) is 1.35. The second-order valence-electron chi connectivity index (χ2n) is 3.12. The highest BCUT2D eigenvalue weighted by Crippen LogP contribution is 2.09. The molecule has 3 heteroatoms. The van der Waals surface area contributed by atoms with Crippen LogP contribution in [0.25, 0.3) is 10.8 Å². The van der Waals surface area contributed by atoms with Gasteiger partial charge in [0.1, 0.15) is 0 Å². The third-order valence-corrected chi connectivity index (χ3v) is 2.16. The molecule has 0 atom stereocenters. The maximum absolute atomic E-state index is 9.50. The molecule has 1 heterocycles. The van der Waals surface area contributed by atoms with Gasteiger partial charge in [0.25, 0.3) is 0 Å². The second-order valence-corrected chi connectivity index (χ2v) is 3.12. The lowest BCUT2D eigenvalue weighted by atomic mass is 9.63. The molecule has 1 N–H and O–H groups in total. The maximum Gasteiger partial charge on any atom is 0.321 e. The fourth-order valence-electron chi connectivity index (χ4n) is 1.51. The van der Waals surface area contributed by atoms with Crippen molar-refractivity contribution >= 4 is 23.2 Å². The van der Waals surface area contributed by atoms with E-state index in [4.69, 9.17) is 0 Å². The van der Waals surface area contributed by atoms with Crippen LogP contribution in [0.4, 0.5) is 0 Å². The van der Waals surface area contributed by atoms with Crippen molar-refractivity contribution in [2.45, 2.75) is 6.82 Å².